The Morgan fingerprint density at radius 1 is 1.69 bits per heavy atom. The lowest BCUT2D eigenvalue weighted by Crippen LogP contribution is -2.38. The average molecular weight is 181 g/mol. The molecule has 4 unspecified atom stereocenters. The monoisotopic (exact) mass is 181 g/mol. The smallest absolute Gasteiger partial charge is 0.323 e. The predicted octanol–water partition coefficient (Wildman–Crippen LogP) is 0.522. The summed E-state index contributed by atoms with van der Waals surface area (Å²) in [6, 6.07) is -0.0296. The van der Waals surface area contributed by atoms with Crippen LogP contribution < -0.4 is 0 Å². The summed E-state index contributed by atoms with van der Waals surface area (Å²) in [4.78, 5) is 13.5. The van der Waals surface area contributed by atoms with E-state index >= 15 is 0 Å². The van der Waals surface area contributed by atoms with E-state index in [1.807, 2.05) is 13.1 Å². The highest BCUT2D eigenvalue weighted by molar-refractivity contribution is 5.77. The standard InChI is InChI=1S/C10H15NO2/c1-4-6-7-5-11(2)9(8(6)7)10(12)13-3/h4,6-9H,1,5H2,2-3H3. The summed E-state index contributed by atoms with van der Waals surface area (Å²) in [6.45, 7) is 4.78. The molecule has 4 atom stereocenters. The fourth-order valence-corrected chi connectivity index (χ4v) is 2.65. The number of carbonyl (C=O) groups is 1. The van der Waals surface area contributed by atoms with Crippen molar-refractivity contribution in [3.05, 3.63) is 12.7 Å². The molecule has 2 fully saturated rings. The molecule has 72 valence electrons. The Balaban J connectivity index is 2.09. The van der Waals surface area contributed by atoms with Crippen molar-refractivity contribution in [3.63, 3.8) is 0 Å². The molecule has 1 saturated heterocycles. The minimum Gasteiger partial charge on any atom is -0.468 e. The molecule has 2 rings (SSSR count). The van der Waals surface area contributed by atoms with E-state index in [1.165, 1.54) is 7.11 Å². The van der Waals surface area contributed by atoms with Gasteiger partial charge in [0.25, 0.3) is 0 Å². The van der Waals surface area contributed by atoms with Crippen LogP contribution in [0.5, 0.6) is 0 Å². The highest BCUT2D eigenvalue weighted by Crippen LogP contribution is 2.55. The first-order chi connectivity index (χ1) is 6.20. The maximum absolute atomic E-state index is 11.4. The molecule has 0 aromatic heterocycles. The number of piperidine rings is 1. The molecule has 3 heteroatoms. The average Bonchev–Trinajstić information content (AvgIpc) is 2.68. The number of hydrogen-bond acceptors (Lipinski definition) is 3. The van der Waals surface area contributed by atoms with Gasteiger partial charge in [0.15, 0.2) is 0 Å². The van der Waals surface area contributed by atoms with Gasteiger partial charge in [-0.25, -0.2) is 0 Å². The van der Waals surface area contributed by atoms with Crippen molar-refractivity contribution < 1.29 is 9.53 Å². The number of nitrogens with zero attached hydrogens (tertiary/aromatic N) is 1. The molecule has 1 aliphatic heterocycles. The number of likely N-dealkylation sites (N-methyl/N-ethyl adjacent to an activating group) is 1. The summed E-state index contributed by atoms with van der Waals surface area (Å²) in [5.74, 6) is 1.56. The zero-order valence-electron chi connectivity index (χ0n) is 8.06. The van der Waals surface area contributed by atoms with Crippen LogP contribution in [0, 0.1) is 17.8 Å². The van der Waals surface area contributed by atoms with Gasteiger partial charge in [-0.15, -0.1) is 6.58 Å². The quantitative estimate of drug-likeness (QED) is 0.459. The second kappa shape index (κ2) is 2.84. The maximum Gasteiger partial charge on any atom is 0.323 e. The zero-order chi connectivity index (χ0) is 9.59. The Labute approximate surface area is 78.4 Å². The molecule has 1 heterocycles. The Kier molecular flexibility index (Phi) is 1.91. The molecule has 13 heavy (non-hydrogen) atoms. The lowest BCUT2D eigenvalue weighted by atomic mass is 10.1. The second-order valence-corrected chi connectivity index (χ2v) is 3.96. The minimum atomic E-state index is -0.0978. The van der Waals surface area contributed by atoms with E-state index in [0.29, 0.717) is 17.8 Å². The van der Waals surface area contributed by atoms with Crippen LogP contribution in [-0.4, -0.2) is 37.6 Å². The van der Waals surface area contributed by atoms with Crippen LogP contribution in [0.3, 0.4) is 0 Å². The number of ether oxygens (including phenoxy) is 1. The Morgan fingerprint density at radius 3 is 2.92 bits per heavy atom. The fourth-order valence-electron chi connectivity index (χ4n) is 2.65. The van der Waals surface area contributed by atoms with E-state index in [1.54, 1.807) is 0 Å². The predicted molar refractivity (Wildman–Crippen MR) is 49.1 cm³/mol. The van der Waals surface area contributed by atoms with E-state index in [0.717, 1.165) is 6.54 Å². The van der Waals surface area contributed by atoms with Crippen LogP contribution >= 0.6 is 0 Å². The van der Waals surface area contributed by atoms with Crippen molar-refractivity contribution in [2.75, 3.05) is 20.7 Å². The fraction of sp³-hybridized carbons (Fsp3) is 0.700. The molecule has 0 radical (unpaired) electrons. The Bertz CT molecular complexity index is 251. The molecule has 1 saturated carbocycles. The molecule has 3 nitrogen and oxygen atoms in total. The maximum atomic E-state index is 11.4. The number of esters is 1. The molecule has 2 aliphatic rings. The van der Waals surface area contributed by atoms with Crippen LogP contribution in [0.15, 0.2) is 12.7 Å². The molecule has 0 aromatic rings. The number of carbonyl (C=O) groups excluding carboxylic acids is 1. The summed E-state index contributed by atoms with van der Waals surface area (Å²) in [5, 5.41) is 0. The van der Waals surface area contributed by atoms with Gasteiger partial charge in [0.2, 0.25) is 0 Å². The SMILES string of the molecule is C=CC1C2CN(C)C(C(=O)OC)C12. The van der Waals surface area contributed by atoms with Crippen molar-refractivity contribution in [3.8, 4) is 0 Å². The summed E-state index contributed by atoms with van der Waals surface area (Å²) < 4.78 is 4.78. The van der Waals surface area contributed by atoms with Crippen LogP contribution in [0.1, 0.15) is 0 Å². The highest BCUT2D eigenvalue weighted by Gasteiger charge is 2.61. The highest BCUT2D eigenvalue weighted by atomic mass is 16.5. The van der Waals surface area contributed by atoms with Crippen molar-refractivity contribution in [1.29, 1.82) is 0 Å². The van der Waals surface area contributed by atoms with Gasteiger partial charge >= 0.3 is 5.97 Å². The van der Waals surface area contributed by atoms with Crippen molar-refractivity contribution in [2.45, 2.75) is 6.04 Å². The zero-order valence-corrected chi connectivity index (χ0v) is 8.06. The van der Waals surface area contributed by atoms with Crippen LogP contribution in [-0.2, 0) is 9.53 Å². The molecular formula is C10H15NO2. The largest absolute Gasteiger partial charge is 0.468 e. The number of hydrogen-bond donors (Lipinski definition) is 0. The van der Waals surface area contributed by atoms with Gasteiger partial charge in [0.1, 0.15) is 6.04 Å². The van der Waals surface area contributed by atoms with E-state index < -0.39 is 0 Å². The van der Waals surface area contributed by atoms with Gasteiger partial charge in [0, 0.05) is 6.54 Å². The first-order valence-electron chi connectivity index (χ1n) is 4.61. The molecule has 0 bridgehead atoms. The third-order valence-corrected chi connectivity index (χ3v) is 3.35. The molecular weight excluding hydrogens is 166 g/mol. The molecule has 0 N–H and O–H groups in total. The van der Waals surface area contributed by atoms with Gasteiger partial charge in [-0.05, 0) is 24.8 Å². The summed E-state index contributed by atoms with van der Waals surface area (Å²) >= 11 is 0. The van der Waals surface area contributed by atoms with Gasteiger partial charge < -0.3 is 4.74 Å². The Hall–Kier alpha value is -0.830. The van der Waals surface area contributed by atoms with E-state index in [4.69, 9.17) is 4.74 Å². The number of fused-ring (bicyclic) bond motifs is 1. The second-order valence-electron chi connectivity index (χ2n) is 3.96. The van der Waals surface area contributed by atoms with Crippen molar-refractivity contribution in [1.82, 2.24) is 4.90 Å². The van der Waals surface area contributed by atoms with Crippen molar-refractivity contribution in [2.24, 2.45) is 17.8 Å². The molecule has 0 aromatic carbocycles. The van der Waals surface area contributed by atoms with E-state index in [9.17, 15) is 4.79 Å². The van der Waals surface area contributed by atoms with E-state index in [2.05, 4.69) is 11.5 Å². The van der Waals surface area contributed by atoms with Crippen LogP contribution in [0.4, 0.5) is 0 Å². The topological polar surface area (TPSA) is 29.5 Å². The van der Waals surface area contributed by atoms with Gasteiger partial charge in [0.05, 0.1) is 7.11 Å². The van der Waals surface area contributed by atoms with Crippen LogP contribution in [0.25, 0.3) is 0 Å². The first-order valence-corrected chi connectivity index (χ1v) is 4.61. The molecule has 1 aliphatic carbocycles. The minimum absolute atomic E-state index is 0.0296. The van der Waals surface area contributed by atoms with E-state index in [-0.39, 0.29) is 12.0 Å². The number of allylic oxidation sites excluding steroid dienone is 1. The summed E-state index contributed by atoms with van der Waals surface area (Å²) in [5.41, 5.74) is 0. The van der Waals surface area contributed by atoms with Gasteiger partial charge in [-0.2, -0.15) is 0 Å². The Morgan fingerprint density at radius 2 is 2.38 bits per heavy atom. The number of rotatable bonds is 2. The lowest BCUT2D eigenvalue weighted by molar-refractivity contribution is -0.146. The third-order valence-electron chi connectivity index (χ3n) is 3.35. The normalized spacial score (nSPS) is 42.6. The summed E-state index contributed by atoms with van der Waals surface area (Å²) in [6.07, 6.45) is 1.97. The first kappa shape index (κ1) is 8.75. The summed E-state index contributed by atoms with van der Waals surface area (Å²) in [7, 11) is 3.43. The molecule has 0 spiro atoms. The van der Waals surface area contributed by atoms with Crippen LogP contribution in [0.2, 0.25) is 0 Å². The van der Waals surface area contributed by atoms with Gasteiger partial charge in [-0.1, -0.05) is 6.08 Å². The number of likely N-dealkylation sites (tertiary alicyclic amines) is 1. The molecule has 0 amide bonds. The lowest BCUT2D eigenvalue weighted by Gasteiger charge is -2.21. The van der Waals surface area contributed by atoms with Crippen molar-refractivity contribution >= 4 is 5.97 Å². The van der Waals surface area contributed by atoms with Gasteiger partial charge in [-0.3, -0.25) is 9.69 Å². The third kappa shape index (κ3) is 1.10. The number of methoxy groups -OCH3 is 1.